The van der Waals surface area contributed by atoms with E-state index in [-0.39, 0.29) is 0 Å². The number of thiophene rings is 1. The van der Waals surface area contributed by atoms with Crippen LogP contribution in [0.25, 0.3) is 0 Å². The van der Waals surface area contributed by atoms with Gasteiger partial charge < -0.3 is 5.32 Å². The van der Waals surface area contributed by atoms with Crippen molar-refractivity contribution >= 4 is 17.0 Å². The van der Waals surface area contributed by atoms with Gasteiger partial charge in [0.1, 0.15) is 0 Å². The van der Waals surface area contributed by atoms with Gasteiger partial charge in [0.15, 0.2) is 0 Å². The van der Waals surface area contributed by atoms with E-state index in [2.05, 4.69) is 54.0 Å². The summed E-state index contributed by atoms with van der Waals surface area (Å²) in [7, 11) is 1.95. The van der Waals surface area contributed by atoms with E-state index in [0.29, 0.717) is 5.92 Å². The second-order valence-corrected chi connectivity index (χ2v) is 5.05. The van der Waals surface area contributed by atoms with Gasteiger partial charge in [0.05, 0.1) is 0 Å². The van der Waals surface area contributed by atoms with E-state index in [1.165, 1.54) is 16.1 Å². The average Bonchev–Trinajstić information content (AvgIpc) is 2.83. The highest BCUT2D eigenvalue weighted by Gasteiger charge is 2.07. The Balaban J connectivity index is 2.03. The Morgan fingerprint density at radius 1 is 1.19 bits per heavy atom. The fourth-order valence-electron chi connectivity index (χ4n) is 1.83. The molecule has 2 rings (SSSR count). The van der Waals surface area contributed by atoms with Crippen LogP contribution in [0.1, 0.15) is 23.3 Å². The third kappa shape index (κ3) is 2.64. The van der Waals surface area contributed by atoms with E-state index in [4.69, 9.17) is 0 Å². The Hall–Kier alpha value is -1.28. The van der Waals surface area contributed by atoms with Gasteiger partial charge in [-0.15, -0.1) is 11.3 Å². The van der Waals surface area contributed by atoms with Crippen molar-refractivity contribution in [1.82, 2.24) is 0 Å². The predicted octanol–water partition coefficient (Wildman–Crippen LogP) is 4.14. The minimum Gasteiger partial charge on any atom is -0.388 e. The maximum absolute atomic E-state index is 3.14. The van der Waals surface area contributed by atoms with Crippen LogP contribution in [-0.4, -0.2) is 7.05 Å². The van der Waals surface area contributed by atoms with E-state index >= 15 is 0 Å². The van der Waals surface area contributed by atoms with E-state index in [1.54, 1.807) is 0 Å². The van der Waals surface area contributed by atoms with Gasteiger partial charge in [-0.2, -0.15) is 0 Å². The normalized spacial score (nSPS) is 12.4. The SMILES string of the molecule is CNc1ccc(CC(C)c2cccs2)cc1. The highest BCUT2D eigenvalue weighted by Crippen LogP contribution is 2.24. The van der Waals surface area contributed by atoms with Gasteiger partial charge in [0.2, 0.25) is 0 Å². The number of benzene rings is 1. The average molecular weight is 231 g/mol. The zero-order chi connectivity index (χ0) is 11.4. The molecular weight excluding hydrogens is 214 g/mol. The molecule has 0 fully saturated rings. The van der Waals surface area contributed by atoms with Crippen LogP contribution in [0, 0.1) is 0 Å². The Kier molecular flexibility index (Phi) is 3.62. The number of hydrogen-bond donors (Lipinski definition) is 1. The number of nitrogens with one attached hydrogen (secondary N) is 1. The topological polar surface area (TPSA) is 12.0 Å². The van der Waals surface area contributed by atoms with Gasteiger partial charge in [0, 0.05) is 17.6 Å². The molecule has 1 unspecified atom stereocenters. The smallest absolute Gasteiger partial charge is 0.0337 e. The van der Waals surface area contributed by atoms with Gasteiger partial charge >= 0.3 is 0 Å². The highest BCUT2D eigenvalue weighted by atomic mass is 32.1. The van der Waals surface area contributed by atoms with Crippen molar-refractivity contribution in [2.24, 2.45) is 0 Å². The first-order valence-corrected chi connectivity index (χ1v) is 6.47. The van der Waals surface area contributed by atoms with Gasteiger partial charge in [-0.1, -0.05) is 25.1 Å². The Morgan fingerprint density at radius 2 is 1.94 bits per heavy atom. The fraction of sp³-hybridized carbons (Fsp3) is 0.286. The third-order valence-corrected chi connectivity index (χ3v) is 3.92. The molecule has 1 aromatic carbocycles. The van der Waals surface area contributed by atoms with Crippen LogP contribution in [0.4, 0.5) is 5.69 Å². The second-order valence-electron chi connectivity index (χ2n) is 4.07. The summed E-state index contributed by atoms with van der Waals surface area (Å²) in [5.74, 6) is 0.612. The fourth-order valence-corrected chi connectivity index (χ4v) is 2.62. The number of rotatable bonds is 4. The largest absolute Gasteiger partial charge is 0.388 e. The number of hydrogen-bond acceptors (Lipinski definition) is 2. The lowest BCUT2D eigenvalue weighted by atomic mass is 9.99. The molecule has 2 heteroatoms. The molecule has 0 aliphatic rings. The molecule has 2 aromatic rings. The van der Waals surface area contributed by atoms with Crippen molar-refractivity contribution in [2.75, 3.05) is 12.4 Å². The molecule has 0 saturated heterocycles. The number of anilines is 1. The lowest BCUT2D eigenvalue weighted by Crippen LogP contribution is -1.96. The van der Waals surface area contributed by atoms with Crippen molar-refractivity contribution in [3.63, 3.8) is 0 Å². The Morgan fingerprint density at radius 3 is 2.50 bits per heavy atom. The van der Waals surface area contributed by atoms with Crippen LogP contribution in [0.2, 0.25) is 0 Å². The van der Waals surface area contributed by atoms with E-state index in [1.807, 2.05) is 18.4 Å². The van der Waals surface area contributed by atoms with Crippen LogP contribution < -0.4 is 5.32 Å². The van der Waals surface area contributed by atoms with Crippen LogP contribution in [0.5, 0.6) is 0 Å². The van der Waals surface area contributed by atoms with Crippen LogP contribution in [0.15, 0.2) is 41.8 Å². The summed E-state index contributed by atoms with van der Waals surface area (Å²) in [6.45, 7) is 2.29. The quantitative estimate of drug-likeness (QED) is 0.834. The summed E-state index contributed by atoms with van der Waals surface area (Å²) in [6, 6.07) is 13.0. The van der Waals surface area contributed by atoms with Gasteiger partial charge in [-0.05, 0) is 41.5 Å². The summed E-state index contributed by atoms with van der Waals surface area (Å²) in [6.07, 6.45) is 1.12. The molecule has 0 spiro atoms. The molecule has 0 saturated carbocycles. The van der Waals surface area contributed by atoms with E-state index < -0.39 is 0 Å². The van der Waals surface area contributed by atoms with Crippen molar-refractivity contribution in [2.45, 2.75) is 19.3 Å². The van der Waals surface area contributed by atoms with E-state index in [9.17, 15) is 0 Å². The molecule has 0 aliphatic heterocycles. The minimum atomic E-state index is 0.612. The van der Waals surface area contributed by atoms with Crippen molar-refractivity contribution in [3.8, 4) is 0 Å². The molecule has 16 heavy (non-hydrogen) atoms. The molecule has 0 bridgehead atoms. The molecule has 0 aliphatic carbocycles. The van der Waals surface area contributed by atoms with Crippen LogP contribution >= 0.6 is 11.3 Å². The molecule has 84 valence electrons. The monoisotopic (exact) mass is 231 g/mol. The summed E-state index contributed by atoms with van der Waals surface area (Å²) >= 11 is 1.85. The molecule has 1 atom stereocenters. The molecular formula is C14H17NS. The summed E-state index contributed by atoms with van der Waals surface area (Å²) in [4.78, 5) is 1.47. The van der Waals surface area contributed by atoms with E-state index in [0.717, 1.165) is 6.42 Å². The molecule has 0 radical (unpaired) electrons. The molecule has 1 aromatic heterocycles. The maximum Gasteiger partial charge on any atom is 0.0337 e. The van der Waals surface area contributed by atoms with Crippen LogP contribution in [-0.2, 0) is 6.42 Å². The predicted molar refractivity (Wildman–Crippen MR) is 72.4 cm³/mol. The molecule has 1 N–H and O–H groups in total. The molecule has 0 amide bonds. The van der Waals surface area contributed by atoms with Crippen molar-refractivity contribution in [3.05, 3.63) is 52.2 Å². The Bertz CT molecular complexity index is 417. The summed E-state index contributed by atoms with van der Waals surface area (Å²) in [5, 5.41) is 5.29. The summed E-state index contributed by atoms with van der Waals surface area (Å²) in [5.41, 5.74) is 2.58. The highest BCUT2D eigenvalue weighted by molar-refractivity contribution is 7.10. The van der Waals surface area contributed by atoms with Gasteiger partial charge in [-0.3, -0.25) is 0 Å². The zero-order valence-corrected chi connectivity index (χ0v) is 10.6. The second kappa shape index (κ2) is 5.17. The van der Waals surface area contributed by atoms with Crippen molar-refractivity contribution in [1.29, 1.82) is 0 Å². The first-order chi connectivity index (χ1) is 7.79. The summed E-state index contributed by atoms with van der Waals surface area (Å²) < 4.78 is 0. The molecule has 1 heterocycles. The van der Waals surface area contributed by atoms with Gasteiger partial charge in [-0.25, -0.2) is 0 Å². The first-order valence-electron chi connectivity index (χ1n) is 5.59. The minimum absolute atomic E-state index is 0.612. The van der Waals surface area contributed by atoms with Gasteiger partial charge in [0.25, 0.3) is 0 Å². The maximum atomic E-state index is 3.14. The third-order valence-electron chi connectivity index (χ3n) is 2.81. The zero-order valence-electron chi connectivity index (χ0n) is 9.73. The first kappa shape index (κ1) is 11.2. The standard InChI is InChI=1S/C14H17NS/c1-11(14-4-3-9-16-14)10-12-5-7-13(15-2)8-6-12/h3-9,11,15H,10H2,1-2H3. The lowest BCUT2D eigenvalue weighted by Gasteiger charge is -2.09. The Labute approximate surface area is 101 Å². The molecule has 1 nitrogen and oxygen atoms in total. The lowest BCUT2D eigenvalue weighted by molar-refractivity contribution is 0.775. The van der Waals surface area contributed by atoms with Crippen molar-refractivity contribution < 1.29 is 0 Å². The van der Waals surface area contributed by atoms with Crippen LogP contribution in [0.3, 0.4) is 0 Å².